The fraction of sp³-hybridized carbons (Fsp3) is 0.381. The molecular formula is C21H28N2O5S2. The first kappa shape index (κ1) is 24.0. The SMILES string of the molecule is CCOc1ccc(NCC(=O)NCCCOC)c(S(=O)(=O)c2ccc(SC)cc2)c1. The third-order valence-corrected chi connectivity index (χ3v) is 6.76. The Morgan fingerprint density at radius 3 is 2.50 bits per heavy atom. The molecule has 0 radical (unpaired) electrons. The fourth-order valence-corrected chi connectivity index (χ4v) is 4.55. The summed E-state index contributed by atoms with van der Waals surface area (Å²) in [6.07, 6.45) is 2.63. The van der Waals surface area contributed by atoms with Crippen molar-refractivity contribution >= 4 is 33.2 Å². The molecule has 0 saturated carbocycles. The van der Waals surface area contributed by atoms with Crippen molar-refractivity contribution in [1.29, 1.82) is 0 Å². The Hall–Kier alpha value is -2.23. The molecule has 0 aromatic heterocycles. The summed E-state index contributed by atoms with van der Waals surface area (Å²) in [6, 6.07) is 11.5. The second kappa shape index (κ2) is 11.8. The smallest absolute Gasteiger partial charge is 0.239 e. The predicted molar refractivity (Wildman–Crippen MR) is 119 cm³/mol. The molecule has 0 atom stereocenters. The minimum atomic E-state index is -3.81. The molecule has 0 saturated heterocycles. The molecule has 1 amide bonds. The van der Waals surface area contributed by atoms with Gasteiger partial charge in [-0.1, -0.05) is 0 Å². The van der Waals surface area contributed by atoms with Gasteiger partial charge in [0.1, 0.15) is 5.75 Å². The molecule has 0 bridgehead atoms. The Morgan fingerprint density at radius 2 is 1.87 bits per heavy atom. The van der Waals surface area contributed by atoms with Crippen LogP contribution in [0.5, 0.6) is 5.75 Å². The first-order valence-electron chi connectivity index (χ1n) is 9.57. The van der Waals surface area contributed by atoms with Crippen LogP contribution in [0.2, 0.25) is 0 Å². The number of benzene rings is 2. The monoisotopic (exact) mass is 452 g/mol. The predicted octanol–water partition coefficient (Wildman–Crippen LogP) is 3.20. The summed E-state index contributed by atoms with van der Waals surface area (Å²) in [7, 11) is -2.20. The number of hydrogen-bond donors (Lipinski definition) is 2. The van der Waals surface area contributed by atoms with Gasteiger partial charge in [-0.05, 0) is 56.0 Å². The van der Waals surface area contributed by atoms with E-state index >= 15 is 0 Å². The van der Waals surface area contributed by atoms with Gasteiger partial charge in [0.15, 0.2) is 0 Å². The molecule has 0 aliphatic heterocycles. The molecule has 164 valence electrons. The molecule has 0 unspecified atom stereocenters. The highest BCUT2D eigenvalue weighted by Gasteiger charge is 2.23. The Labute approximate surface area is 182 Å². The number of rotatable bonds is 12. The van der Waals surface area contributed by atoms with E-state index in [1.807, 2.05) is 13.2 Å². The number of amides is 1. The van der Waals surface area contributed by atoms with E-state index in [-0.39, 0.29) is 22.2 Å². The molecule has 9 heteroatoms. The van der Waals surface area contributed by atoms with E-state index in [0.29, 0.717) is 37.6 Å². The van der Waals surface area contributed by atoms with Crippen molar-refractivity contribution in [3.05, 3.63) is 42.5 Å². The van der Waals surface area contributed by atoms with Crippen LogP contribution in [0.15, 0.2) is 57.2 Å². The van der Waals surface area contributed by atoms with E-state index in [2.05, 4.69) is 10.6 Å². The van der Waals surface area contributed by atoms with Crippen molar-refractivity contribution in [2.24, 2.45) is 0 Å². The number of nitrogens with one attached hydrogen (secondary N) is 2. The molecule has 0 aliphatic carbocycles. The van der Waals surface area contributed by atoms with Crippen LogP contribution >= 0.6 is 11.8 Å². The molecule has 0 heterocycles. The van der Waals surface area contributed by atoms with Gasteiger partial charge in [-0.2, -0.15) is 0 Å². The van der Waals surface area contributed by atoms with Gasteiger partial charge in [0.25, 0.3) is 0 Å². The van der Waals surface area contributed by atoms with E-state index in [4.69, 9.17) is 9.47 Å². The van der Waals surface area contributed by atoms with Crippen molar-refractivity contribution in [2.45, 2.75) is 28.0 Å². The summed E-state index contributed by atoms with van der Waals surface area (Å²) >= 11 is 1.54. The Balaban J connectivity index is 2.25. The lowest BCUT2D eigenvalue weighted by molar-refractivity contribution is -0.119. The molecule has 0 aliphatic rings. The van der Waals surface area contributed by atoms with Crippen molar-refractivity contribution < 1.29 is 22.7 Å². The number of methoxy groups -OCH3 is 1. The number of anilines is 1. The van der Waals surface area contributed by atoms with Crippen molar-refractivity contribution in [1.82, 2.24) is 5.32 Å². The lowest BCUT2D eigenvalue weighted by Crippen LogP contribution is -2.31. The standard InChI is InChI=1S/C21H28N2O5S2/c1-4-28-16-6-11-19(23-15-21(24)22-12-5-13-27-2)20(14-16)30(25,26)18-9-7-17(29-3)8-10-18/h6-11,14,23H,4-5,12-13,15H2,1-3H3,(H,22,24). The van der Waals surface area contributed by atoms with Crippen LogP contribution in [-0.2, 0) is 19.4 Å². The van der Waals surface area contributed by atoms with Crippen LogP contribution in [0, 0.1) is 0 Å². The summed E-state index contributed by atoms with van der Waals surface area (Å²) < 4.78 is 37.0. The van der Waals surface area contributed by atoms with Gasteiger partial charge < -0.3 is 20.1 Å². The average Bonchev–Trinajstić information content (AvgIpc) is 2.76. The highest BCUT2D eigenvalue weighted by atomic mass is 32.2. The van der Waals surface area contributed by atoms with Crippen molar-refractivity contribution in [3.63, 3.8) is 0 Å². The lowest BCUT2D eigenvalue weighted by atomic mass is 10.3. The largest absolute Gasteiger partial charge is 0.494 e. The van der Waals surface area contributed by atoms with Crippen LogP contribution < -0.4 is 15.4 Å². The van der Waals surface area contributed by atoms with Gasteiger partial charge in [0.05, 0.1) is 28.6 Å². The highest BCUT2D eigenvalue weighted by molar-refractivity contribution is 7.98. The zero-order chi connectivity index (χ0) is 22.0. The zero-order valence-corrected chi connectivity index (χ0v) is 19.1. The summed E-state index contributed by atoms with van der Waals surface area (Å²) in [5.74, 6) is 0.221. The molecule has 2 N–H and O–H groups in total. The van der Waals surface area contributed by atoms with E-state index in [1.54, 1.807) is 43.5 Å². The van der Waals surface area contributed by atoms with Crippen LogP contribution in [0.3, 0.4) is 0 Å². The number of thioether (sulfide) groups is 1. The normalized spacial score (nSPS) is 11.2. The van der Waals surface area contributed by atoms with Gasteiger partial charge in [-0.3, -0.25) is 4.79 Å². The average molecular weight is 453 g/mol. The maximum atomic E-state index is 13.3. The first-order chi connectivity index (χ1) is 14.4. The van der Waals surface area contributed by atoms with E-state index < -0.39 is 9.84 Å². The molecule has 0 spiro atoms. The molecule has 2 aromatic rings. The molecule has 2 rings (SSSR count). The zero-order valence-electron chi connectivity index (χ0n) is 17.4. The summed E-state index contributed by atoms with van der Waals surface area (Å²) in [5, 5.41) is 5.70. The quantitative estimate of drug-likeness (QED) is 0.377. The fourth-order valence-electron chi connectivity index (χ4n) is 2.69. The molecular weight excluding hydrogens is 424 g/mol. The Morgan fingerprint density at radius 1 is 1.13 bits per heavy atom. The number of hydrogen-bond acceptors (Lipinski definition) is 7. The first-order valence-corrected chi connectivity index (χ1v) is 12.3. The minimum Gasteiger partial charge on any atom is -0.494 e. The second-order valence-electron chi connectivity index (χ2n) is 6.32. The number of ether oxygens (including phenoxy) is 2. The number of carbonyl (C=O) groups excluding carboxylic acids is 1. The third-order valence-electron chi connectivity index (χ3n) is 4.21. The van der Waals surface area contributed by atoms with Gasteiger partial charge >= 0.3 is 0 Å². The van der Waals surface area contributed by atoms with E-state index in [9.17, 15) is 13.2 Å². The molecule has 2 aromatic carbocycles. The Bertz CT molecular complexity index is 931. The van der Waals surface area contributed by atoms with Crippen molar-refractivity contribution in [2.75, 3.05) is 45.0 Å². The van der Waals surface area contributed by atoms with Crippen LogP contribution in [0.25, 0.3) is 0 Å². The topological polar surface area (TPSA) is 93.7 Å². The summed E-state index contributed by atoms with van der Waals surface area (Å²) in [5.41, 5.74) is 0.347. The van der Waals surface area contributed by atoms with Gasteiger partial charge in [-0.25, -0.2) is 8.42 Å². The van der Waals surface area contributed by atoms with Gasteiger partial charge in [-0.15, -0.1) is 11.8 Å². The second-order valence-corrected chi connectivity index (χ2v) is 9.12. The van der Waals surface area contributed by atoms with Gasteiger partial charge in [0, 0.05) is 31.2 Å². The third kappa shape index (κ3) is 6.65. The lowest BCUT2D eigenvalue weighted by Gasteiger charge is -2.15. The summed E-state index contributed by atoms with van der Waals surface area (Å²) in [4.78, 5) is 13.3. The van der Waals surface area contributed by atoms with E-state index in [1.165, 1.54) is 17.8 Å². The van der Waals surface area contributed by atoms with E-state index in [0.717, 1.165) is 4.90 Å². The maximum absolute atomic E-state index is 13.3. The minimum absolute atomic E-state index is 0.0467. The van der Waals surface area contributed by atoms with Crippen LogP contribution in [0.4, 0.5) is 5.69 Å². The summed E-state index contributed by atoms with van der Waals surface area (Å²) in [6.45, 7) is 3.25. The van der Waals surface area contributed by atoms with Crippen LogP contribution in [-0.4, -0.2) is 54.0 Å². The highest BCUT2D eigenvalue weighted by Crippen LogP contribution is 2.32. The Kier molecular flexibility index (Phi) is 9.48. The molecule has 0 fully saturated rings. The molecule has 30 heavy (non-hydrogen) atoms. The van der Waals surface area contributed by atoms with Crippen LogP contribution in [0.1, 0.15) is 13.3 Å². The number of carbonyl (C=O) groups is 1. The molecule has 7 nitrogen and oxygen atoms in total. The maximum Gasteiger partial charge on any atom is 0.239 e. The van der Waals surface area contributed by atoms with Crippen molar-refractivity contribution in [3.8, 4) is 5.75 Å². The number of sulfone groups is 1. The van der Waals surface area contributed by atoms with Gasteiger partial charge in [0.2, 0.25) is 15.7 Å².